The van der Waals surface area contributed by atoms with Gasteiger partial charge in [-0.1, -0.05) is 19.0 Å². The molecule has 0 fully saturated rings. The molecule has 1 unspecified atom stereocenters. The highest BCUT2D eigenvalue weighted by atomic mass is 16.5. The molecule has 17 heavy (non-hydrogen) atoms. The van der Waals surface area contributed by atoms with Gasteiger partial charge in [0.2, 0.25) is 5.89 Å². The number of aliphatic carboxylic acids is 1. The average molecular weight is 241 g/mol. The molecule has 1 aromatic rings. The quantitative estimate of drug-likeness (QED) is 0.749. The summed E-state index contributed by atoms with van der Waals surface area (Å²) in [6.45, 7) is 5.78. The van der Waals surface area contributed by atoms with Crippen molar-refractivity contribution in [1.29, 1.82) is 0 Å². The Bertz CT molecular complexity index is 378. The van der Waals surface area contributed by atoms with Gasteiger partial charge in [0.05, 0.1) is 6.54 Å². The van der Waals surface area contributed by atoms with Crippen molar-refractivity contribution in [3.63, 3.8) is 0 Å². The third kappa shape index (κ3) is 3.52. The smallest absolute Gasteiger partial charge is 0.323 e. The fourth-order valence-corrected chi connectivity index (χ4v) is 1.30. The maximum absolute atomic E-state index is 11.1. The second-order valence-electron chi connectivity index (χ2n) is 4.20. The Morgan fingerprint density at radius 3 is 2.76 bits per heavy atom. The molecule has 0 saturated carbocycles. The number of aromatic nitrogens is 2. The number of hydrogen-bond acceptors (Lipinski definition) is 5. The van der Waals surface area contributed by atoms with Crippen molar-refractivity contribution in [2.75, 3.05) is 0 Å². The lowest BCUT2D eigenvalue weighted by Crippen LogP contribution is -2.48. The van der Waals surface area contributed by atoms with Crippen LogP contribution in [0, 0.1) is 0 Å². The molecule has 1 atom stereocenters. The Morgan fingerprint density at radius 2 is 2.24 bits per heavy atom. The molecule has 0 aliphatic carbocycles. The van der Waals surface area contributed by atoms with Crippen LogP contribution in [-0.2, 0) is 17.8 Å². The number of carboxylic acids is 1. The minimum atomic E-state index is -0.953. The monoisotopic (exact) mass is 241 g/mol. The first kappa shape index (κ1) is 13.6. The summed E-state index contributed by atoms with van der Waals surface area (Å²) >= 11 is 0. The lowest BCUT2D eigenvalue weighted by atomic mass is 9.99. The summed E-state index contributed by atoms with van der Waals surface area (Å²) in [5, 5.41) is 15.8. The van der Waals surface area contributed by atoms with Crippen molar-refractivity contribution in [2.24, 2.45) is 0 Å². The molecule has 0 aromatic carbocycles. The van der Waals surface area contributed by atoms with E-state index in [2.05, 4.69) is 15.5 Å². The zero-order chi connectivity index (χ0) is 12.9. The van der Waals surface area contributed by atoms with E-state index in [1.807, 2.05) is 13.8 Å². The van der Waals surface area contributed by atoms with Crippen LogP contribution in [0.2, 0.25) is 0 Å². The Morgan fingerprint density at radius 1 is 1.53 bits per heavy atom. The van der Waals surface area contributed by atoms with Gasteiger partial charge >= 0.3 is 5.97 Å². The summed E-state index contributed by atoms with van der Waals surface area (Å²) < 4.78 is 5.02. The van der Waals surface area contributed by atoms with Crippen LogP contribution in [0.25, 0.3) is 0 Å². The van der Waals surface area contributed by atoms with Crippen molar-refractivity contribution in [3.05, 3.63) is 11.7 Å². The minimum Gasteiger partial charge on any atom is -0.480 e. The number of hydrogen-bond donors (Lipinski definition) is 2. The molecule has 0 spiro atoms. The molecule has 0 saturated heterocycles. The molecular weight excluding hydrogens is 222 g/mol. The highest BCUT2D eigenvalue weighted by Crippen LogP contribution is 2.10. The number of carboxylic acid groups (broad SMARTS) is 1. The first-order valence-electron chi connectivity index (χ1n) is 5.81. The Balaban J connectivity index is 2.56. The summed E-state index contributed by atoms with van der Waals surface area (Å²) in [4.78, 5) is 15.2. The summed E-state index contributed by atoms with van der Waals surface area (Å²) in [5.41, 5.74) is -0.953. The van der Waals surface area contributed by atoms with Gasteiger partial charge in [0, 0.05) is 6.42 Å². The molecule has 1 aromatic heterocycles. The molecule has 0 amide bonds. The van der Waals surface area contributed by atoms with E-state index in [-0.39, 0.29) is 0 Å². The van der Waals surface area contributed by atoms with Crippen LogP contribution in [0.4, 0.5) is 0 Å². The largest absolute Gasteiger partial charge is 0.480 e. The minimum absolute atomic E-state index is 0.295. The predicted octanol–water partition coefficient (Wildman–Crippen LogP) is 1.36. The predicted molar refractivity (Wildman–Crippen MR) is 61.5 cm³/mol. The zero-order valence-corrected chi connectivity index (χ0v) is 10.5. The number of nitrogens with one attached hydrogen (secondary N) is 1. The fourth-order valence-electron chi connectivity index (χ4n) is 1.30. The van der Waals surface area contributed by atoms with Crippen molar-refractivity contribution in [1.82, 2.24) is 15.5 Å². The molecule has 1 heterocycles. The SMILES string of the molecule is CCCc1nc(CNC(C)(CC)C(=O)O)no1. The van der Waals surface area contributed by atoms with Gasteiger partial charge in [-0.05, 0) is 19.8 Å². The van der Waals surface area contributed by atoms with Crippen LogP contribution >= 0.6 is 0 Å². The van der Waals surface area contributed by atoms with Gasteiger partial charge in [-0.15, -0.1) is 0 Å². The lowest BCUT2D eigenvalue weighted by Gasteiger charge is -2.23. The molecule has 96 valence electrons. The van der Waals surface area contributed by atoms with E-state index in [0.717, 1.165) is 12.8 Å². The standard InChI is InChI=1S/C11H19N3O3/c1-4-6-9-13-8(14-17-9)7-12-11(3,5-2)10(15)16/h12H,4-7H2,1-3H3,(H,15,16). The van der Waals surface area contributed by atoms with Crippen molar-refractivity contribution in [2.45, 2.75) is 52.1 Å². The summed E-state index contributed by atoms with van der Waals surface area (Å²) in [6, 6.07) is 0. The Labute approximate surface area is 100 Å². The third-order valence-corrected chi connectivity index (χ3v) is 2.79. The Kier molecular flexibility index (Phi) is 4.62. The molecule has 6 heteroatoms. The van der Waals surface area contributed by atoms with Gasteiger partial charge in [-0.25, -0.2) is 0 Å². The van der Waals surface area contributed by atoms with Crippen LogP contribution in [-0.4, -0.2) is 26.8 Å². The van der Waals surface area contributed by atoms with Crippen LogP contribution in [0.5, 0.6) is 0 Å². The first-order chi connectivity index (χ1) is 8.01. The molecular formula is C11H19N3O3. The van der Waals surface area contributed by atoms with Crippen LogP contribution < -0.4 is 5.32 Å². The van der Waals surface area contributed by atoms with Gasteiger partial charge in [0.15, 0.2) is 5.82 Å². The van der Waals surface area contributed by atoms with E-state index in [9.17, 15) is 4.79 Å². The molecule has 0 bridgehead atoms. The van der Waals surface area contributed by atoms with Gasteiger partial charge in [0.1, 0.15) is 5.54 Å². The summed E-state index contributed by atoms with van der Waals surface area (Å²) in [6.07, 6.45) is 2.18. The number of carbonyl (C=O) groups is 1. The van der Waals surface area contributed by atoms with Gasteiger partial charge < -0.3 is 9.63 Å². The molecule has 0 aliphatic heterocycles. The molecule has 0 radical (unpaired) electrons. The second-order valence-corrected chi connectivity index (χ2v) is 4.20. The highest BCUT2D eigenvalue weighted by Gasteiger charge is 2.30. The zero-order valence-electron chi connectivity index (χ0n) is 10.5. The van der Waals surface area contributed by atoms with Gasteiger partial charge in [-0.3, -0.25) is 10.1 Å². The van der Waals surface area contributed by atoms with E-state index < -0.39 is 11.5 Å². The van der Waals surface area contributed by atoms with Gasteiger partial charge in [-0.2, -0.15) is 4.98 Å². The van der Waals surface area contributed by atoms with E-state index >= 15 is 0 Å². The Hall–Kier alpha value is -1.43. The summed E-state index contributed by atoms with van der Waals surface area (Å²) in [7, 11) is 0. The van der Waals surface area contributed by atoms with Crippen molar-refractivity contribution < 1.29 is 14.4 Å². The first-order valence-corrected chi connectivity index (χ1v) is 5.81. The average Bonchev–Trinajstić information content (AvgIpc) is 2.74. The third-order valence-electron chi connectivity index (χ3n) is 2.79. The topological polar surface area (TPSA) is 88.2 Å². The molecule has 6 nitrogen and oxygen atoms in total. The number of rotatable bonds is 7. The van der Waals surface area contributed by atoms with E-state index in [1.54, 1.807) is 6.92 Å². The summed E-state index contributed by atoms with van der Waals surface area (Å²) in [5.74, 6) is 0.212. The van der Waals surface area contributed by atoms with Crippen molar-refractivity contribution in [3.8, 4) is 0 Å². The molecule has 0 aliphatic rings. The fraction of sp³-hybridized carbons (Fsp3) is 0.727. The maximum atomic E-state index is 11.1. The number of aryl methyl sites for hydroxylation is 1. The molecule has 1 rings (SSSR count). The normalized spacial score (nSPS) is 14.5. The number of nitrogens with zero attached hydrogens (tertiary/aromatic N) is 2. The molecule has 2 N–H and O–H groups in total. The van der Waals surface area contributed by atoms with Crippen LogP contribution in [0.3, 0.4) is 0 Å². The van der Waals surface area contributed by atoms with Crippen molar-refractivity contribution >= 4 is 5.97 Å². The van der Waals surface area contributed by atoms with Crippen LogP contribution in [0.15, 0.2) is 4.52 Å². The van der Waals surface area contributed by atoms with Crippen LogP contribution in [0.1, 0.15) is 45.3 Å². The van der Waals surface area contributed by atoms with Gasteiger partial charge in [0.25, 0.3) is 0 Å². The lowest BCUT2D eigenvalue weighted by molar-refractivity contribution is -0.144. The van der Waals surface area contributed by atoms with E-state index in [1.165, 1.54) is 0 Å². The maximum Gasteiger partial charge on any atom is 0.323 e. The van der Waals surface area contributed by atoms with E-state index in [0.29, 0.717) is 24.7 Å². The second kappa shape index (κ2) is 5.77. The highest BCUT2D eigenvalue weighted by molar-refractivity contribution is 5.78. The van der Waals surface area contributed by atoms with E-state index in [4.69, 9.17) is 9.63 Å².